The fourth-order valence-electron chi connectivity index (χ4n) is 3.51. The van der Waals surface area contributed by atoms with Gasteiger partial charge in [-0.2, -0.15) is 0 Å². The SMILES string of the molecule is Nc1cc2cccc3c2c(c1)c(=O)n1c3nc2cc(Cl)cc(N)c21. The Kier molecular flexibility index (Phi) is 2.38. The van der Waals surface area contributed by atoms with E-state index in [0.717, 1.165) is 16.2 Å². The van der Waals surface area contributed by atoms with Crippen molar-refractivity contribution in [2.24, 2.45) is 0 Å². The molecule has 0 aliphatic carbocycles. The predicted molar refractivity (Wildman–Crippen MR) is 99.0 cm³/mol. The summed E-state index contributed by atoms with van der Waals surface area (Å²) in [4.78, 5) is 17.8. The van der Waals surface area contributed by atoms with Crippen molar-refractivity contribution < 1.29 is 0 Å². The second kappa shape index (κ2) is 4.27. The van der Waals surface area contributed by atoms with Crippen molar-refractivity contribution in [1.82, 2.24) is 9.38 Å². The molecule has 0 bridgehead atoms. The van der Waals surface area contributed by atoms with E-state index in [2.05, 4.69) is 4.98 Å². The third-order valence-electron chi connectivity index (χ3n) is 4.42. The van der Waals surface area contributed by atoms with Crippen molar-refractivity contribution in [2.45, 2.75) is 0 Å². The molecule has 0 atom stereocenters. The van der Waals surface area contributed by atoms with Crippen LogP contribution in [0.1, 0.15) is 0 Å². The van der Waals surface area contributed by atoms with Gasteiger partial charge in [-0.1, -0.05) is 29.8 Å². The molecule has 5 aromatic rings. The lowest BCUT2D eigenvalue weighted by Gasteiger charge is -2.08. The molecule has 24 heavy (non-hydrogen) atoms. The number of pyridine rings is 1. The molecule has 6 heteroatoms. The van der Waals surface area contributed by atoms with E-state index < -0.39 is 0 Å². The number of nitrogens with zero attached hydrogens (tertiary/aromatic N) is 2. The van der Waals surface area contributed by atoms with Gasteiger partial charge in [0.05, 0.1) is 22.1 Å². The van der Waals surface area contributed by atoms with Crippen LogP contribution in [0.5, 0.6) is 0 Å². The summed E-state index contributed by atoms with van der Waals surface area (Å²) in [5.74, 6) is 0. The molecule has 5 rings (SSSR count). The zero-order valence-corrected chi connectivity index (χ0v) is 13.1. The minimum atomic E-state index is -0.183. The number of nitrogen functional groups attached to an aromatic ring is 2. The van der Waals surface area contributed by atoms with E-state index in [9.17, 15) is 4.79 Å². The van der Waals surface area contributed by atoms with Crippen LogP contribution in [0.15, 0.2) is 47.3 Å². The molecule has 0 fully saturated rings. The Bertz CT molecular complexity index is 1360. The van der Waals surface area contributed by atoms with Crippen LogP contribution in [0, 0.1) is 0 Å². The lowest BCUT2D eigenvalue weighted by molar-refractivity contribution is 1.19. The second-order valence-corrected chi connectivity index (χ2v) is 6.35. The molecule has 0 saturated heterocycles. The molecular formula is C18H11ClN4O. The van der Waals surface area contributed by atoms with E-state index in [1.807, 2.05) is 24.3 Å². The Morgan fingerprint density at radius 1 is 1.04 bits per heavy atom. The van der Waals surface area contributed by atoms with Crippen LogP contribution in [0.25, 0.3) is 38.2 Å². The molecule has 5 nitrogen and oxygen atoms in total. The molecule has 0 radical (unpaired) electrons. The highest BCUT2D eigenvalue weighted by molar-refractivity contribution is 6.32. The third kappa shape index (κ3) is 1.54. The van der Waals surface area contributed by atoms with Gasteiger partial charge in [0.15, 0.2) is 0 Å². The second-order valence-electron chi connectivity index (χ2n) is 5.91. The fourth-order valence-corrected chi connectivity index (χ4v) is 3.73. The van der Waals surface area contributed by atoms with Crippen molar-refractivity contribution >= 4 is 61.2 Å². The van der Waals surface area contributed by atoms with Gasteiger partial charge in [-0.3, -0.25) is 9.20 Å². The first-order chi connectivity index (χ1) is 11.5. The summed E-state index contributed by atoms with van der Waals surface area (Å²) < 4.78 is 1.55. The topological polar surface area (TPSA) is 86.4 Å². The van der Waals surface area contributed by atoms with E-state index in [4.69, 9.17) is 23.1 Å². The minimum Gasteiger partial charge on any atom is -0.399 e. The Balaban J connectivity index is 2.22. The van der Waals surface area contributed by atoms with Crippen LogP contribution >= 0.6 is 11.6 Å². The summed E-state index contributed by atoms with van der Waals surface area (Å²) in [7, 11) is 0. The largest absolute Gasteiger partial charge is 0.399 e. The van der Waals surface area contributed by atoms with Crippen LogP contribution in [-0.2, 0) is 0 Å². The number of aromatic nitrogens is 2. The summed E-state index contributed by atoms with van der Waals surface area (Å²) >= 11 is 6.08. The molecule has 0 spiro atoms. The van der Waals surface area contributed by atoms with Gasteiger partial charge >= 0.3 is 0 Å². The van der Waals surface area contributed by atoms with Crippen LogP contribution in [0.4, 0.5) is 11.4 Å². The van der Waals surface area contributed by atoms with Gasteiger partial charge in [0.1, 0.15) is 5.65 Å². The predicted octanol–water partition coefficient (Wildman–Crippen LogP) is 3.41. The minimum absolute atomic E-state index is 0.183. The monoisotopic (exact) mass is 334 g/mol. The first kappa shape index (κ1) is 13.4. The van der Waals surface area contributed by atoms with Crippen molar-refractivity contribution in [3.63, 3.8) is 0 Å². The number of rotatable bonds is 0. The highest BCUT2D eigenvalue weighted by Gasteiger charge is 2.18. The van der Waals surface area contributed by atoms with Crippen molar-refractivity contribution in [2.75, 3.05) is 11.5 Å². The molecule has 0 saturated carbocycles. The Hall–Kier alpha value is -3.05. The fraction of sp³-hybridized carbons (Fsp3) is 0. The molecule has 0 unspecified atom stereocenters. The van der Waals surface area contributed by atoms with Crippen molar-refractivity contribution in [3.8, 4) is 0 Å². The number of imidazole rings is 1. The molecule has 0 aliphatic rings. The molecule has 4 N–H and O–H groups in total. The molecule has 2 heterocycles. The summed E-state index contributed by atoms with van der Waals surface area (Å²) in [6.07, 6.45) is 0. The number of nitrogens with two attached hydrogens (primary N) is 2. The molecule has 0 aliphatic heterocycles. The number of benzene rings is 3. The molecule has 116 valence electrons. The molecule has 2 aromatic heterocycles. The average molecular weight is 335 g/mol. The van der Waals surface area contributed by atoms with Crippen LogP contribution in [-0.4, -0.2) is 9.38 Å². The van der Waals surface area contributed by atoms with Gasteiger partial charge in [0.2, 0.25) is 0 Å². The Morgan fingerprint density at radius 2 is 1.88 bits per heavy atom. The lowest BCUT2D eigenvalue weighted by atomic mass is 10.0. The van der Waals surface area contributed by atoms with Gasteiger partial charge in [-0.15, -0.1) is 0 Å². The Morgan fingerprint density at radius 3 is 2.71 bits per heavy atom. The first-order valence-electron chi connectivity index (χ1n) is 7.39. The van der Waals surface area contributed by atoms with Gasteiger partial charge in [0, 0.05) is 21.5 Å². The Labute approximate surface area is 140 Å². The zero-order chi connectivity index (χ0) is 16.6. The summed E-state index contributed by atoms with van der Waals surface area (Å²) in [6.45, 7) is 0. The summed E-state index contributed by atoms with van der Waals surface area (Å²) in [5, 5.41) is 3.71. The van der Waals surface area contributed by atoms with E-state index in [1.165, 1.54) is 0 Å². The van der Waals surface area contributed by atoms with Crippen molar-refractivity contribution in [3.05, 3.63) is 57.8 Å². The lowest BCUT2D eigenvalue weighted by Crippen LogP contribution is -2.14. The average Bonchev–Trinajstić information content (AvgIpc) is 2.91. The van der Waals surface area contributed by atoms with Crippen LogP contribution < -0.4 is 17.0 Å². The maximum Gasteiger partial charge on any atom is 0.264 e. The summed E-state index contributed by atoms with van der Waals surface area (Å²) in [6, 6.07) is 12.7. The highest BCUT2D eigenvalue weighted by Crippen LogP contribution is 2.33. The normalized spacial score (nSPS) is 12.0. The maximum atomic E-state index is 13.1. The van der Waals surface area contributed by atoms with Crippen molar-refractivity contribution in [1.29, 1.82) is 0 Å². The standard InChI is InChI=1S/C18H11ClN4O/c19-9-5-13(21)16-14(6-9)22-17-11-3-1-2-8-4-10(20)7-12(15(8)11)18(24)23(16)17/h1-7H,20-21H2. The molecule has 0 amide bonds. The summed E-state index contributed by atoms with van der Waals surface area (Å²) in [5.41, 5.74) is 14.6. The van der Waals surface area contributed by atoms with E-state index in [1.54, 1.807) is 22.6 Å². The van der Waals surface area contributed by atoms with E-state index in [-0.39, 0.29) is 5.56 Å². The van der Waals surface area contributed by atoms with Crippen LogP contribution in [0.2, 0.25) is 5.02 Å². The smallest absolute Gasteiger partial charge is 0.264 e. The van der Waals surface area contributed by atoms with Gasteiger partial charge in [0.25, 0.3) is 5.56 Å². The van der Waals surface area contributed by atoms with Gasteiger partial charge < -0.3 is 11.5 Å². The number of hydrogen-bond donors (Lipinski definition) is 2. The number of anilines is 2. The maximum absolute atomic E-state index is 13.1. The van der Waals surface area contributed by atoms with E-state index >= 15 is 0 Å². The first-order valence-corrected chi connectivity index (χ1v) is 7.77. The zero-order valence-electron chi connectivity index (χ0n) is 12.4. The molecule has 3 aromatic carbocycles. The number of hydrogen-bond acceptors (Lipinski definition) is 4. The van der Waals surface area contributed by atoms with Gasteiger partial charge in [-0.05, 0) is 29.7 Å². The number of fused-ring (bicyclic) bond motifs is 4. The molecular weight excluding hydrogens is 324 g/mol. The number of halogens is 1. The van der Waals surface area contributed by atoms with Gasteiger partial charge in [-0.25, -0.2) is 4.98 Å². The quantitative estimate of drug-likeness (QED) is 0.425. The van der Waals surface area contributed by atoms with Crippen LogP contribution in [0.3, 0.4) is 0 Å². The highest BCUT2D eigenvalue weighted by atomic mass is 35.5. The van der Waals surface area contributed by atoms with E-state index in [0.29, 0.717) is 38.5 Å². The third-order valence-corrected chi connectivity index (χ3v) is 4.64.